The summed E-state index contributed by atoms with van der Waals surface area (Å²) in [4.78, 5) is 26.3. The number of hydrogen-bond donors (Lipinski definition) is 1. The Morgan fingerprint density at radius 1 is 1.00 bits per heavy atom. The van der Waals surface area contributed by atoms with Crippen molar-refractivity contribution in [2.24, 2.45) is 0 Å². The maximum Gasteiger partial charge on any atom is 0.325 e. The zero-order chi connectivity index (χ0) is 14.0. The number of rotatable bonds is 2. The minimum Gasteiger partial charge on any atom is -0.305 e. The van der Waals surface area contributed by atoms with Crippen molar-refractivity contribution in [1.82, 2.24) is 10.2 Å². The summed E-state index contributed by atoms with van der Waals surface area (Å²) in [6.07, 6.45) is 5.93. The van der Waals surface area contributed by atoms with Crippen LogP contribution >= 0.6 is 0 Å². The van der Waals surface area contributed by atoms with Gasteiger partial charge in [-0.3, -0.25) is 10.1 Å². The molecule has 2 fully saturated rings. The summed E-state index contributed by atoms with van der Waals surface area (Å²) < 4.78 is 0. The monoisotopic (exact) mass is 272 g/mol. The summed E-state index contributed by atoms with van der Waals surface area (Å²) in [5.41, 5.74) is 0.463. The van der Waals surface area contributed by atoms with E-state index in [0.29, 0.717) is 6.54 Å². The highest BCUT2D eigenvalue weighted by Crippen LogP contribution is 2.37. The molecule has 1 N–H and O–H groups in total. The Hall–Kier alpha value is -1.84. The lowest BCUT2D eigenvalue weighted by molar-refractivity contribution is -0.127. The molecule has 0 atom stereocenters. The van der Waals surface area contributed by atoms with Crippen molar-refractivity contribution in [2.75, 3.05) is 0 Å². The van der Waals surface area contributed by atoms with Crippen LogP contribution in [0.1, 0.15) is 44.1 Å². The fourth-order valence-electron chi connectivity index (χ4n) is 3.40. The summed E-state index contributed by atoms with van der Waals surface area (Å²) in [6.45, 7) is 0.512. The van der Waals surface area contributed by atoms with Crippen molar-refractivity contribution < 1.29 is 9.59 Å². The number of urea groups is 1. The Bertz CT molecular complexity index is 504. The summed E-state index contributed by atoms with van der Waals surface area (Å²) >= 11 is 0. The standard InChI is InChI=1S/C16H20N2O2/c19-14-16(10-6-1-2-7-11-16)18(15(20)17-14)12-13-8-4-3-5-9-13/h3-5,8-9H,1-2,6-7,10-12H2,(H,17,19,20). The van der Waals surface area contributed by atoms with Crippen LogP contribution in [0.5, 0.6) is 0 Å². The van der Waals surface area contributed by atoms with E-state index in [0.717, 1.165) is 44.1 Å². The molecule has 3 amide bonds. The third-order valence-corrected chi connectivity index (χ3v) is 4.52. The Labute approximate surface area is 119 Å². The highest BCUT2D eigenvalue weighted by molar-refractivity contribution is 6.07. The zero-order valence-corrected chi connectivity index (χ0v) is 11.6. The molecule has 2 aliphatic rings. The van der Waals surface area contributed by atoms with Crippen molar-refractivity contribution in [3.8, 4) is 0 Å². The van der Waals surface area contributed by atoms with Crippen LogP contribution < -0.4 is 5.32 Å². The number of amides is 3. The van der Waals surface area contributed by atoms with Crippen LogP contribution in [0.3, 0.4) is 0 Å². The smallest absolute Gasteiger partial charge is 0.305 e. The number of carbonyl (C=O) groups is 2. The van der Waals surface area contributed by atoms with Gasteiger partial charge >= 0.3 is 6.03 Å². The van der Waals surface area contributed by atoms with E-state index in [-0.39, 0.29) is 11.9 Å². The molecule has 4 nitrogen and oxygen atoms in total. The van der Waals surface area contributed by atoms with Gasteiger partial charge in [0.25, 0.3) is 5.91 Å². The molecule has 1 aromatic carbocycles. The van der Waals surface area contributed by atoms with E-state index in [1.807, 2.05) is 30.3 Å². The third kappa shape index (κ3) is 2.19. The lowest BCUT2D eigenvalue weighted by Crippen LogP contribution is -2.48. The molecule has 0 radical (unpaired) electrons. The van der Waals surface area contributed by atoms with Crippen LogP contribution in [-0.4, -0.2) is 22.4 Å². The Morgan fingerprint density at radius 3 is 2.30 bits per heavy atom. The van der Waals surface area contributed by atoms with Gasteiger partial charge in [0, 0.05) is 6.54 Å². The number of carbonyl (C=O) groups excluding carboxylic acids is 2. The SMILES string of the molecule is O=C1NC(=O)C2(CCCCCC2)N1Cc1ccccc1. The summed E-state index contributed by atoms with van der Waals surface area (Å²) in [5, 5.41) is 2.52. The van der Waals surface area contributed by atoms with Crippen molar-refractivity contribution in [2.45, 2.75) is 50.6 Å². The first kappa shape index (κ1) is 13.2. The van der Waals surface area contributed by atoms with Gasteiger partial charge in [0.05, 0.1) is 0 Å². The molecule has 1 saturated carbocycles. The summed E-state index contributed by atoms with van der Waals surface area (Å²) in [6, 6.07) is 9.65. The van der Waals surface area contributed by atoms with E-state index < -0.39 is 5.54 Å². The highest BCUT2D eigenvalue weighted by Gasteiger charge is 2.52. The van der Waals surface area contributed by atoms with Crippen LogP contribution in [0, 0.1) is 0 Å². The summed E-state index contributed by atoms with van der Waals surface area (Å²) in [5.74, 6) is -0.0969. The van der Waals surface area contributed by atoms with E-state index >= 15 is 0 Å². The molecule has 3 rings (SSSR count). The van der Waals surface area contributed by atoms with E-state index in [2.05, 4.69) is 5.32 Å². The van der Waals surface area contributed by atoms with Gasteiger partial charge < -0.3 is 4.90 Å². The largest absolute Gasteiger partial charge is 0.325 e. The average molecular weight is 272 g/mol. The molecule has 4 heteroatoms. The molecular weight excluding hydrogens is 252 g/mol. The Balaban J connectivity index is 1.89. The molecular formula is C16H20N2O2. The van der Waals surface area contributed by atoms with Crippen molar-refractivity contribution in [3.05, 3.63) is 35.9 Å². The number of nitrogens with zero attached hydrogens (tertiary/aromatic N) is 1. The topological polar surface area (TPSA) is 49.4 Å². The second-order valence-corrected chi connectivity index (χ2v) is 5.78. The number of nitrogens with one attached hydrogen (secondary N) is 1. The zero-order valence-electron chi connectivity index (χ0n) is 11.6. The van der Waals surface area contributed by atoms with Gasteiger partial charge in [-0.25, -0.2) is 4.79 Å². The number of benzene rings is 1. The number of imide groups is 1. The second-order valence-electron chi connectivity index (χ2n) is 5.78. The van der Waals surface area contributed by atoms with E-state index in [1.54, 1.807) is 4.90 Å². The number of hydrogen-bond acceptors (Lipinski definition) is 2. The Kier molecular flexibility index (Phi) is 3.47. The van der Waals surface area contributed by atoms with E-state index in [1.165, 1.54) is 0 Å². The van der Waals surface area contributed by atoms with E-state index in [4.69, 9.17) is 0 Å². The van der Waals surface area contributed by atoms with E-state index in [9.17, 15) is 9.59 Å². The first-order chi connectivity index (χ1) is 9.72. The van der Waals surface area contributed by atoms with Gasteiger partial charge in [-0.2, -0.15) is 0 Å². The molecule has 0 unspecified atom stereocenters. The van der Waals surface area contributed by atoms with Gasteiger partial charge in [-0.15, -0.1) is 0 Å². The van der Waals surface area contributed by atoms with Gasteiger partial charge in [0.2, 0.25) is 0 Å². The van der Waals surface area contributed by atoms with Crippen LogP contribution in [0.15, 0.2) is 30.3 Å². The second kappa shape index (κ2) is 5.27. The van der Waals surface area contributed by atoms with Gasteiger partial charge in [-0.1, -0.05) is 56.0 Å². The molecule has 1 aliphatic heterocycles. The minimum absolute atomic E-state index is 0.0969. The maximum atomic E-state index is 12.3. The fraction of sp³-hybridized carbons (Fsp3) is 0.500. The van der Waals surface area contributed by atoms with Gasteiger partial charge in [-0.05, 0) is 18.4 Å². The van der Waals surface area contributed by atoms with Gasteiger partial charge in [0.15, 0.2) is 0 Å². The van der Waals surface area contributed by atoms with Crippen LogP contribution in [0.2, 0.25) is 0 Å². The molecule has 1 spiro atoms. The maximum absolute atomic E-state index is 12.3. The van der Waals surface area contributed by atoms with Crippen molar-refractivity contribution in [1.29, 1.82) is 0 Å². The third-order valence-electron chi connectivity index (χ3n) is 4.52. The van der Waals surface area contributed by atoms with Gasteiger partial charge in [0.1, 0.15) is 5.54 Å². The van der Waals surface area contributed by atoms with Crippen molar-refractivity contribution >= 4 is 11.9 Å². The van der Waals surface area contributed by atoms with Crippen LogP contribution in [0.4, 0.5) is 4.79 Å². The predicted octanol–water partition coefficient (Wildman–Crippen LogP) is 2.83. The lowest BCUT2D eigenvalue weighted by Gasteiger charge is -2.34. The summed E-state index contributed by atoms with van der Waals surface area (Å²) in [7, 11) is 0. The first-order valence-corrected chi connectivity index (χ1v) is 7.39. The molecule has 0 bridgehead atoms. The molecule has 1 saturated heterocycles. The fourth-order valence-corrected chi connectivity index (χ4v) is 3.40. The molecule has 106 valence electrons. The average Bonchev–Trinajstić information content (AvgIpc) is 2.66. The molecule has 20 heavy (non-hydrogen) atoms. The highest BCUT2D eigenvalue weighted by atomic mass is 16.2. The van der Waals surface area contributed by atoms with Crippen molar-refractivity contribution in [3.63, 3.8) is 0 Å². The quantitative estimate of drug-likeness (QED) is 0.842. The molecule has 1 aromatic rings. The predicted molar refractivity (Wildman–Crippen MR) is 76.0 cm³/mol. The normalized spacial score (nSPS) is 21.9. The molecule has 1 aliphatic carbocycles. The van der Waals surface area contributed by atoms with Crippen LogP contribution in [-0.2, 0) is 11.3 Å². The minimum atomic E-state index is -0.608. The van der Waals surface area contributed by atoms with Crippen LogP contribution in [0.25, 0.3) is 0 Å². The first-order valence-electron chi connectivity index (χ1n) is 7.39. The molecule has 1 heterocycles. The molecule has 0 aromatic heterocycles. The Morgan fingerprint density at radius 2 is 1.65 bits per heavy atom. The lowest BCUT2D eigenvalue weighted by atomic mass is 9.88.